The Hall–Kier alpha value is -4.25. The zero-order valence-corrected chi connectivity index (χ0v) is 24.0. The van der Waals surface area contributed by atoms with Crippen LogP contribution in [0.4, 0.5) is 0 Å². The average Bonchev–Trinajstić information content (AvgIpc) is 3.62. The third-order valence-electron chi connectivity index (χ3n) is 7.11. The number of nitriles is 1. The summed E-state index contributed by atoms with van der Waals surface area (Å²) in [5.74, 6) is 0.956. The average molecular weight is 562 g/mol. The molecule has 2 atom stereocenters. The summed E-state index contributed by atoms with van der Waals surface area (Å²) in [6.45, 7) is 7.93. The minimum atomic E-state index is -0.304. The molecule has 0 spiro atoms. The molecule has 0 aliphatic carbocycles. The standard InChI is InChI=1S/C28H35N9O4/c1-6-36-13-18(3)41-28-25(23(16-39-5)33-35(28)4)19-11-21-22(31-32-26(21)30-12-19)8-7-20-24(14-36)37(17(2)15-38)34-27(20)40-10-9-29/h7-8,11-12,17-18,38H,6,10,13-16H2,1-5H3,(H,30,31,32)/b8-7+/t17-,18-/m0/s1. The predicted molar refractivity (Wildman–Crippen MR) is 152 cm³/mol. The fraction of sp³-hybridized carbons (Fsp3) is 0.464. The van der Waals surface area contributed by atoms with Crippen LogP contribution in [0.3, 0.4) is 0 Å². The lowest BCUT2D eigenvalue weighted by Gasteiger charge is -2.26. The van der Waals surface area contributed by atoms with E-state index in [1.807, 2.05) is 45.2 Å². The Labute approximate surface area is 237 Å². The van der Waals surface area contributed by atoms with Gasteiger partial charge in [-0.15, -0.1) is 5.10 Å². The Morgan fingerprint density at radius 1 is 1.32 bits per heavy atom. The lowest BCUT2D eigenvalue weighted by molar-refractivity contribution is 0.132. The third kappa shape index (κ3) is 5.54. The highest BCUT2D eigenvalue weighted by Gasteiger charge is 2.26. The monoisotopic (exact) mass is 561 g/mol. The van der Waals surface area contributed by atoms with E-state index in [9.17, 15) is 10.4 Å². The van der Waals surface area contributed by atoms with Crippen molar-refractivity contribution in [2.24, 2.45) is 7.05 Å². The number of nitrogens with zero attached hydrogens (tertiary/aromatic N) is 8. The van der Waals surface area contributed by atoms with Crippen molar-refractivity contribution in [3.8, 4) is 29.0 Å². The van der Waals surface area contributed by atoms with E-state index in [-0.39, 0.29) is 25.4 Å². The summed E-state index contributed by atoms with van der Waals surface area (Å²) in [4.78, 5) is 6.86. The number of nitrogens with one attached hydrogen (secondary N) is 1. The number of aromatic nitrogens is 7. The van der Waals surface area contributed by atoms with Crippen molar-refractivity contribution in [3.05, 3.63) is 34.9 Å². The van der Waals surface area contributed by atoms with Gasteiger partial charge in [-0.05, 0) is 38.6 Å². The minimum absolute atomic E-state index is 0.103. The number of methoxy groups -OCH3 is 1. The van der Waals surface area contributed by atoms with Crippen molar-refractivity contribution >= 4 is 23.2 Å². The summed E-state index contributed by atoms with van der Waals surface area (Å²) >= 11 is 0. The molecule has 4 aromatic heterocycles. The molecule has 5 heterocycles. The van der Waals surface area contributed by atoms with Gasteiger partial charge in [-0.2, -0.15) is 15.5 Å². The van der Waals surface area contributed by atoms with Crippen LogP contribution >= 0.6 is 0 Å². The van der Waals surface area contributed by atoms with E-state index in [1.165, 1.54) is 0 Å². The number of rotatable bonds is 7. The van der Waals surface area contributed by atoms with E-state index >= 15 is 0 Å². The molecule has 4 aromatic rings. The maximum Gasteiger partial charge on any atom is 0.241 e. The van der Waals surface area contributed by atoms with E-state index < -0.39 is 0 Å². The molecule has 41 heavy (non-hydrogen) atoms. The summed E-state index contributed by atoms with van der Waals surface area (Å²) in [5, 5.41) is 36.9. The zero-order valence-electron chi connectivity index (χ0n) is 24.0. The van der Waals surface area contributed by atoms with Crippen molar-refractivity contribution in [1.29, 1.82) is 5.26 Å². The van der Waals surface area contributed by atoms with Crippen LogP contribution in [0.2, 0.25) is 0 Å². The lowest BCUT2D eigenvalue weighted by atomic mass is 10.1. The molecule has 0 saturated heterocycles. The second-order valence-electron chi connectivity index (χ2n) is 10.1. The van der Waals surface area contributed by atoms with Gasteiger partial charge < -0.3 is 19.3 Å². The highest BCUT2D eigenvalue weighted by molar-refractivity contribution is 5.91. The Kier molecular flexibility index (Phi) is 8.34. The second kappa shape index (κ2) is 12.1. The number of aliphatic hydroxyl groups is 1. The third-order valence-corrected chi connectivity index (χ3v) is 7.11. The molecule has 13 heteroatoms. The number of fused-ring (bicyclic) bond motifs is 4. The maximum atomic E-state index is 10.0. The summed E-state index contributed by atoms with van der Waals surface area (Å²) < 4.78 is 21.3. The van der Waals surface area contributed by atoms with Crippen LogP contribution in [-0.2, 0) is 24.9 Å². The van der Waals surface area contributed by atoms with Gasteiger partial charge in [0.25, 0.3) is 0 Å². The molecule has 1 aliphatic heterocycles. The minimum Gasteiger partial charge on any atom is -0.473 e. The van der Waals surface area contributed by atoms with Crippen LogP contribution in [0, 0.1) is 11.3 Å². The first-order chi connectivity index (χ1) is 19.9. The summed E-state index contributed by atoms with van der Waals surface area (Å²) in [7, 11) is 3.50. The molecule has 216 valence electrons. The molecule has 0 fully saturated rings. The number of likely N-dealkylation sites (N-methyl/N-ethyl adjacent to an activating group) is 1. The van der Waals surface area contributed by atoms with Crippen LogP contribution in [0.15, 0.2) is 12.3 Å². The number of aromatic amines is 1. The van der Waals surface area contributed by atoms with Gasteiger partial charge >= 0.3 is 0 Å². The first-order valence-electron chi connectivity index (χ1n) is 13.6. The SMILES string of the molecule is CCN1Cc2c(c(OCC#N)nn2[C@@H](C)CO)/C=C/c2[nH]nc3ncc(cc23)-c2c(COC)nn(C)c2O[C@@H](C)C1. The molecule has 0 saturated carbocycles. The molecule has 1 aliphatic rings. The van der Waals surface area contributed by atoms with E-state index in [0.29, 0.717) is 37.1 Å². The number of H-pyrrole nitrogens is 1. The topological polar surface area (TPSA) is 152 Å². The molecular weight excluding hydrogens is 526 g/mol. The molecule has 0 radical (unpaired) electrons. The van der Waals surface area contributed by atoms with Crippen molar-refractivity contribution < 1.29 is 19.3 Å². The van der Waals surface area contributed by atoms with Crippen molar-refractivity contribution in [2.75, 3.05) is 33.4 Å². The normalized spacial score (nSPS) is 17.2. The van der Waals surface area contributed by atoms with Crippen LogP contribution in [-0.4, -0.2) is 84.3 Å². The Morgan fingerprint density at radius 3 is 2.88 bits per heavy atom. The fourth-order valence-electron chi connectivity index (χ4n) is 5.12. The summed E-state index contributed by atoms with van der Waals surface area (Å²) in [6.07, 6.45) is 5.39. The largest absolute Gasteiger partial charge is 0.473 e. The highest BCUT2D eigenvalue weighted by atomic mass is 16.5. The van der Waals surface area contributed by atoms with E-state index in [2.05, 4.69) is 32.1 Å². The van der Waals surface area contributed by atoms with Gasteiger partial charge in [0.2, 0.25) is 11.8 Å². The highest BCUT2D eigenvalue weighted by Crippen LogP contribution is 2.36. The Bertz CT molecular complexity index is 1600. The first-order valence-corrected chi connectivity index (χ1v) is 13.6. The van der Waals surface area contributed by atoms with E-state index in [4.69, 9.17) is 19.3 Å². The lowest BCUT2D eigenvalue weighted by Crippen LogP contribution is -2.35. The molecular formula is C28H35N9O4. The number of hydrogen-bond acceptors (Lipinski definition) is 10. The molecule has 0 aromatic carbocycles. The Balaban J connectivity index is 1.73. The Morgan fingerprint density at radius 2 is 2.15 bits per heavy atom. The number of aryl methyl sites for hydroxylation is 1. The number of aliphatic hydroxyl groups excluding tert-OH is 1. The molecule has 2 bridgehead atoms. The number of pyridine rings is 1. The maximum absolute atomic E-state index is 10.0. The van der Waals surface area contributed by atoms with Gasteiger partial charge in [0, 0.05) is 44.4 Å². The van der Waals surface area contributed by atoms with Crippen LogP contribution in [0.5, 0.6) is 11.8 Å². The molecule has 0 amide bonds. The van der Waals surface area contributed by atoms with Crippen LogP contribution in [0.1, 0.15) is 49.5 Å². The quantitative estimate of drug-likeness (QED) is 0.344. The van der Waals surface area contributed by atoms with Gasteiger partial charge in [0.1, 0.15) is 12.2 Å². The van der Waals surface area contributed by atoms with Crippen molar-refractivity contribution in [3.63, 3.8) is 0 Å². The predicted octanol–water partition coefficient (Wildman–Crippen LogP) is 2.93. The van der Waals surface area contributed by atoms with Crippen molar-refractivity contribution in [1.82, 2.24) is 39.6 Å². The second-order valence-corrected chi connectivity index (χ2v) is 10.1. The van der Waals surface area contributed by atoms with Gasteiger partial charge in [-0.1, -0.05) is 6.92 Å². The van der Waals surface area contributed by atoms with E-state index in [0.717, 1.165) is 45.7 Å². The van der Waals surface area contributed by atoms with Gasteiger partial charge in [-0.3, -0.25) is 14.7 Å². The van der Waals surface area contributed by atoms with Gasteiger partial charge in [0.15, 0.2) is 12.3 Å². The number of ether oxygens (including phenoxy) is 3. The smallest absolute Gasteiger partial charge is 0.241 e. The molecule has 5 rings (SSSR count). The van der Waals surface area contributed by atoms with Gasteiger partial charge in [-0.25, -0.2) is 9.67 Å². The molecule has 13 nitrogen and oxygen atoms in total. The first kappa shape index (κ1) is 28.3. The number of hydrogen-bond donors (Lipinski definition) is 2. The molecule has 0 unspecified atom stereocenters. The molecule has 2 N–H and O–H groups in total. The van der Waals surface area contributed by atoms with E-state index in [1.54, 1.807) is 22.7 Å². The summed E-state index contributed by atoms with van der Waals surface area (Å²) in [5.41, 5.74) is 5.29. The fourth-order valence-corrected chi connectivity index (χ4v) is 5.12. The van der Waals surface area contributed by atoms with Crippen molar-refractivity contribution in [2.45, 2.75) is 46.1 Å². The van der Waals surface area contributed by atoms with Crippen LogP contribution < -0.4 is 9.47 Å². The van der Waals surface area contributed by atoms with Crippen LogP contribution in [0.25, 0.3) is 34.3 Å². The summed E-state index contributed by atoms with van der Waals surface area (Å²) in [6, 6.07) is 3.73. The van der Waals surface area contributed by atoms with Gasteiger partial charge in [0.05, 0.1) is 47.5 Å². The zero-order chi connectivity index (χ0) is 29.1.